The van der Waals surface area contributed by atoms with E-state index in [0.717, 1.165) is 49.1 Å². The number of rotatable bonds is 5. The van der Waals surface area contributed by atoms with Gasteiger partial charge in [-0.15, -0.1) is 0 Å². The molecule has 1 aromatic carbocycles. The molecule has 0 amide bonds. The van der Waals surface area contributed by atoms with E-state index in [2.05, 4.69) is 39.3 Å². The van der Waals surface area contributed by atoms with Gasteiger partial charge in [0.25, 0.3) is 0 Å². The van der Waals surface area contributed by atoms with Gasteiger partial charge in [-0.1, -0.05) is 19.9 Å². The first kappa shape index (κ1) is 23.8. The van der Waals surface area contributed by atoms with E-state index in [0.29, 0.717) is 36.0 Å². The molecule has 3 atom stereocenters. The number of aromatic nitrogens is 4. The normalized spacial score (nSPS) is 23.8. The van der Waals surface area contributed by atoms with Crippen molar-refractivity contribution in [3.8, 4) is 0 Å². The molecular weight excluding hydrogens is 474 g/mol. The minimum Gasteiger partial charge on any atom is -0.373 e. The van der Waals surface area contributed by atoms with Gasteiger partial charge in [-0.25, -0.2) is 18.7 Å². The van der Waals surface area contributed by atoms with Crippen LogP contribution in [0.15, 0.2) is 30.6 Å². The summed E-state index contributed by atoms with van der Waals surface area (Å²) in [5, 5.41) is 6.86. The lowest BCUT2D eigenvalue weighted by Crippen LogP contribution is -2.48. The van der Waals surface area contributed by atoms with Gasteiger partial charge in [0.2, 0.25) is 5.95 Å². The van der Waals surface area contributed by atoms with Crippen LogP contribution in [0.2, 0.25) is 0 Å². The summed E-state index contributed by atoms with van der Waals surface area (Å²) in [5.41, 5.74) is 1.70. The average Bonchev–Trinajstić information content (AvgIpc) is 3.26. The van der Waals surface area contributed by atoms with Gasteiger partial charge in [0.15, 0.2) is 11.6 Å². The van der Waals surface area contributed by atoms with Crippen molar-refractivity contribution in [2.75, 3.05) is 47.1 Å². The number of aryl methyl sites for hydroxylation is 1. The molecule has 37 heavy (non-hydrogen) atoms. The van der Waals surface area contributed by atoms with Crippen molar-refractivity contribution in [3.05, 3.63) is 53.5 Å². The monoisotopic (exact) mass is 506 g/mol. The molecule has 1 saturated heterocycles. The second-order valence-corrected chi connectivity index (χ2v) is 11.1. The number of benzene rings is 1. The number of piperidine rings is 1. The van der Waals surface area contributed by atoms with E-state index in [9.17, 15) is 8.78 Å². The highest BCUT2D eigenvalue weighted by Gasteiger charge is 2.44. The Hall–Kier alpha value is -3.56. The zero-order chi connectivity index (χ0) is 25.9. The molecule has 194 valence electrons. The van der Waals surface area contributed by atoms with Crippen LogP contribution in [-0.4, -0.2) is 52.7 Å². The van der Waals surface area contributed by atoms with Crippen LogP contribution in [0.25, 0.3) is 0 Å². The third kappa shape index (κ3) is 4.02. The maximum Gasteiger partial charge on any atom is 0.226 e. The molecule has 2 bridgehead atoms. The van der Waals surface area contributed by atoms with Gasteiger partial charge in [0, 0.05) is 55.5 Å². The van der Waals surface area contributed by atoms with Crippen LogP contribution in [0.3, 0.4) is 0 Å². The molecule has 4 heterocycles. The summed E-state index contributed by atoms with van der Waals surface area (Å²) in [4.78, 5) is 22.6. The van der Waals surface area contributed by atoms with Crippen LogP contribution in [-0.2, 0) is 5.41 Å². The Morgan fingerprint density at radius 1 is 1.05 bits per heavy atom. The zero-order valence-electron chi connectivity index (χ0n) is 21.6. The van der Waals surface area contributed by atoms with Crippen molar-refractivity contribution in [1.29, 1.82) is 0 Å². The predicted octanol–water partition coefficient (Wildman–Crippen LogP) is 4.65. The lowest BCUT2D eigenvalue weighted by atomic mass is 9.88. The van der Waals surface area contributed by atoms with Crippen molar-refractivity contribution in [3.63, 3.8) is 0 Å². The van der Waals surface area contributed by atoms with E-state index in [4.69, 9.17) is 9.97 Å². The molecule has 2 aromatic heterocycles. The highest BCUT2D eigenvalue weighted by Crippen LogP contribution is 2.48. The van der Waals surface area contributed by atoms with Gasteiger partial charge in [-0.05, 0) is 43.7 Å². The summed E-state index contributed by atoms with van der Waals surface area (Å²) in [6, 6.07) is 6.54. The zero-order valence-corrected chi connectivity index (χ0v) is 21.6. The molecule has 1 aliphatic carbocycles. The summed E-state index contributed by atoms with van der Waals surface area (Å²) in [6.07, 6.45) is 3.88. The lowest BCUT2D eigenvalue weighted by molar-refractivity contribution is 0.375. The molecule has 2 fully saturated rings. The topological polar surface area (TPSA) is 82.1 Å². The SMILES string of the molecule is CNc1nc(N[C@H]2[C@@H]3CC[C@H]2CN(c2cc(C)ncn2)C3)nc2c1C(C)(C)CN2c1cccc(F)c1F. The van der Waals surface area contributed by atoms with Gasteiger partial charge in [0.1, 0.15) is 23.8 Å². The molecule has 8 nitrogen and oxygen atoms in total. The van der Waals surface area contributed by atoms with E-state index in [1.807, 2.05) is 20.0 Å². The fraction of sp³-hybridized carbons (Fsp3) is 0.481. The van der Waals surface area contributed by atoms with Crippen molar-refractivity contribution >= 4 is 29.1 Å². The van der Waals surface area contributed by atoms with Crippen LogP contribution in [0, 0.1) is 30.4 Å². The van der Waals surface area contributed by atoms with Crippen molar-refractivity contribution in [1.82, 2.24) is 19.9 Å². The van der Waals surface area contributed by atoms with Crippen LogP contribution >= 0.6 is 0 Å². The molecule has 3 aromatic rings. The van der Waals surface area contributed by atoms with Crippen LogP contribution in [0.5, 0.6) is 0 Å². The van der Waals surface area contributed by atoms with Gasteiger partial charge >= 0.3 is 0 Å². The van der Waals surface area contributed by atoms with Gasteiger partial charge < -0.3 is 20.4 Å². The number of fused-ring (bicyclic) bond motifs is 3. The molecule has 1 saturated carbocycles. The first-order chi connectivity index (χ1) is 17.7. The van der Waals surface area contributed by atoms with Crippen molar-refractivity contribution in [2.45, 2.75) is 45.1 Å². The molecule has 10 heteroatoms. The highest BCUT2D eigenvalue weighted by molar-refractivity contribution is 5.76. The largest absolute Gasteiger partial charge is 0.373 e. The first-order valence-electron chi connectivity index (χ1n) is 12.9. The number of hydrogen-bond acceptors (Lipinski definition) is 8. The summed E-state index contributed by atoms with van der Waals surface area (Å²) in [6.45, 7) is 8.41. The predicted molar refractivity (Wildman–Crippen MR) is 141 cm³/mol. The Bertz CT molecular complexity index is 1330. The minimum atomic E-state index is -0.868. The molecular formula is C27H32F2N8. The van der Waals surface area contributed by atoms with E-state index in [-0.39, 0.29) is 17.1 Å². The van der Waals surface area contributed by atoms with Gasteiger partial charge in [-0.3, -0.25) is 0 Å². The first-order valence-corrected chi connectivity index (χ1v) is 12.9. The minimum absolute atomic E-state index is 0.187. The van der Waals surface area contributed by atoms with E-state index >= 15 is 0 Å². The van der Waals surface area contributed by atoms with E-state index in [1.54, 1.807) is 17.3 Å². The Morgan fingerprint density at radius 2 is 1.81 bits per heavy atom. The summed E-state index contributed by atoms with van der Waals surface area (Å²) in [5.74, 6) is 1.92. The number of halogens is 2. The summed E-state index contributed by atoms with van der Waals surface area (Å²) < 4.78 is 29.0. The number of hydrogen-bond donors (Lipinski definition) is 2. The number of anilines is 5. The van der Waals surface area contributed by atoms with E-state index < -0.39 is 11.6 Å². The molecule has 2 N–H and O–H groups in total. The summed E-state index contributed by atoms with van der Waals surface area (Å²) in [7, 11) is 1.83. The van der Waals surface area contributed by atoms with E-state index in [1.165, 1.54) is 6.07 Å². The molecule has 0 unspecified atom stereocenters. The van der Waals surface area contributed by atoms with Gasteiger partial charge in [0.05, 0.1) is 5.69 Å². The Balaban J connectivity index is 1.32. The van der Waals surface area contributed by atoms with Crippen LogP contribution < -0.4 is 20.4 Å². The Morgan fingerprint density at radius 3 is 2.51 bits per heavy atom. The fourth-order valence-corrected chi connectivity index (χ4v) is 6.37. The molecule has 2 aliphatic heterocycles. The van der Waals surface area contributed by atoms with Crippen molar-refractivity contribution < 1.29 is 8.78 Å². The molecule has 3 aliphatic rings. The maximum atomic E-state index is 14.9. The molecule has 0 radical (unpaired) electrons. The fourth-order valence-electron chi connectivity index (χ4n) is 6.37. The highest BCUT2D eigenvalue weighted by atomic mass is 19.2. The number of nitrogens with one attached hydrogen (secondary N) is 2. The van der Waals surface area contributed by atoms with Crippen LogP contribution in [0.4, 0.5) is 37.9 Å². The standard InChI is InChI=1S/C27H32F2N8/c1-15-10-20(32-14-31-15)36-11-16-8-9-17(12-36)23(16)33-26-34-24(30-4)21-25(35-26)37(13-27(21,2)3)19-7-5-6-18(28)22(19)29/h5-7,10,14,16-17,23H,8-9,11-13H2,1-4H3,(H2,30,33,34,35)/t16-,17+,23+. The smallest absolute Gasteiger partial charge is 0.226 e. The van der Waals surface area contributed by atoms with Crippen LogP contribution in [0.1, 0.15) is 37.9 Å². The second kappa shape index (κ2) is 8.78. The summed E-state index contributed by atoms with van der Waals surface area (Å²) >= 11 is 0. The van der Waals surface area contributed by atoms with Gasteiger partial charge in [-0.2, -0.15) is 9.97 Å². The average molecular weight is 507 g/mol. The third-order valence-corrected chi connectivity index (χ3v) is 8.08. The molecule has 6 rings (SSSR count). The Kier molecular flexibility index (Phi) is 5.65. The molecule has 0 spiro atoms. The number of nitrogens with zero attached hydrogens (tertiary/aromatic N) is 6. The maximum absolute atomic E-state index is 14.9. The quantitative estimate of drug-likeness (QED) is 0.518. The lowest BCUT2D eigenvalue weighted by Gasteiger charge is -2.39. The second-order valence-electron chi connectivity index (χ2n) is 11.1. The third-order valence-electron chi connectivity index (χ3n) is 8.08. The van der Waals surface area contributed by atoms with Crippen molar-refractivity contribution in [2.24, 2.45) is 11.8 Å². The Labute approximate surface area is 215 Å².